The number of hydrogen-bond donors (Lipinski definition) is 3. The predicted molar refractivity (Wildman–Crippen MR) is 109 cm³/mol. The van der Waals surface area contributed by atoms with Crippen molar-refractivity contribution < 1.29 is 28.6 Å². The van der Waals surface area contributed by atoms with Crippen molar-refractivity contribution in [1.82, 2.24) is 19.5 Å². The van der Waals surface area contributed by atoms with Gasteiger partial charge in [-0.3, -0.25) is 19.5 Å². The van der Waals surface area contributed by atoms with Crippen LogP contribution in [-0.4, -0.2) is 68.0 Å². The van der Waals surface area contributed by atoms with Crippen molar-refractivity contribution in [2.45, 2.75) is 58.2 Å². The number of halogens is 1. The summed E-state index contributed by atoms with van der Waals surface area (Å²) in [5.74, 6) is -0.713. The summed E-state index contributed by atoms with van der Waals surface area (Å²) in [4.78, 5) is 36.3. The number of nitrogens with one attached hydrogen (secondary N) is 2. The number of carbonyl (C=O) groups is 2. The summed E-state index contributed by atoms with van der Waals surface area (Å²) in [7, 11) is 1.63. The number of fused-ring (bicyclic) bond motifs is 1. The molecule has 31 heavy (non-hydrogen) atoms. The molecule has 0 saturated carbocycles. The molecule has 11 nitrogen and oxygen atoms in total. The van der Waals surface area contributed by atoms with Gasteiger partial charge in [-0.1, -0.05) is 20.8 Å². The van der Waals surface area contributed by atoms with E-state index in [2.05, 4.69) is 25.6 Å². The number of nitrogens with zero attached hydrogens (tertiary/aromatic N) is 4. The van der Waals surface area contributed by atoms with E-state index in [0.717, 1.165) is 0 Å². The minimum absolute atomic E-state index is 0.0184. The van der Waals surface area contributed by atoms with Gasteiger partial charge in [-0.15, -0.1) is 0 Å². The Hall–Kier alpha value is -2.86. The average molecular weight is 438 g/mol. The van der Waals surface area contributed by atoms with Crippen LogP contribution < -0.4 is 10.6 Å². The van der Waals surface area contributed by atoms with Gasteiger partial charge < -0.3 is 19.9 Å². The van der Waals surface area contributed by atoms with E-state index >= 15 is 4.39 Å². The first-order chi connectivity index (χ1) is 14.6. The van der Waals surface area contributed by atoms with Gasteiger partial charge >= 0.3 is 5.97 Å². The van der Waals surface area contributed by atoms with Crippen LogP contribution in [0.5, 0.6) is 0 Å². The highest BCUT2D eigenvalue weighted by molar-refractivity contribution is 5.92. The van der Waals surface area contributed by atoms with Crippen LogP contribution in [0.3, 0.4) is 0 Å². The fraction of sp³-hybridized carbons (Fsp3) is 0.632. The van der Waals surface area contributed by atoms with Gasteiger partial charge in [0.25, 0.3) is 0 Å². The van der Waals surface area contributed by atoms with E-state index in [0.29, 0.717) is 11.3 Å². The van der Waals surface area contributed by atoms with Crippen LogP contribution in [0, 0.1) is 5.92 Å². The fourth-order valence-electron chi connectivity index (χ4n) is 3.20. The van der Waals surface area contributed by atoms with Gasteiger partial charge in [0.1, 0.15) is 18.8 Å². The van der Waals surface area contributed by atoms with Gasteiger partial charge in [0, 0.05) is 19.4 Å². The molecule has 2 aromatic rings. The zero-order valence-corrected chi connectivity index (χ0v) is 18.0. The zero-order valence-electron chi connectivity index (χ0n) is 18.0. The van der Waals surface area contributed by atoms with Crippen molar-refractivity contribution in [1.29, 1.82) is 0 Å². The van der Waals surface area contributed by atoms with Gasteiger partial charge in [-0.05, 0) is 6.92 Å². The summed E-state index contributed by atoms with van der Waals surface area (Å²) in [6, 6.07) is 0. The molecule has 12 heteroatoms. The Kier molecular flexibility index (Phi) is 6.41. The van der Waals surface area contributed by atoms with Crippen LogP contribution in [0.15, 0.2) is 6.33 Å². The van der Waals surface area contributed by atoms with Gasteiger partial charge in [-0.25, -0.2) is 9.37 Å². The summed E-state index contributed by atoms with van der Waals surface area (Å²) in [6.45, 7) is 5.98. The summed E-state index contributed by atoms with van der Waals surface area (Å²) in [6.07, 6.45) is -2.45. The molecule has 0 spiro atoms. The standard InChI is InChI=1S/C19H27FN6O5/c1-6-11(27)30-7-10-13(28)19(4,20)17(31-10)26-8-22-12-14(21-5)23-18(24-15(12)26)25-16(29)9(2)3/h8-10,13,17,28H,6-7H2,1-5H3,(H2,21,23,24,25,29)/t10-,13-,17-,19-/m1/s1. The van der Waals surface area contributed by atoms with E-state index in [1.165, 1.54) is 17.8 Å². The number of anilines is 2. The van der Waals surface area contributed by atoms with Crippen LogP contribution in [-0.2, 0) is 19.1 Å². The molecule has 170 valence electrons. The number of aliphatic hydroxyl groups is 1. The molecule has 1 aliphatic rings. The Bertz CT molecular complexity index is 978. The van der Waals surface area contributed by atoms with E-state index in [4.69, 9.17) is 9.47 Å². The second kappa shape index (κ2) is 8.71. The Balaban J connectivity index is 1.97. The third kappa shape index (κ3) is 4.30. The molecule has 1 amide bonds. The topological polar surface area (TPSA) is 140 Å². The maximum atomic E-state index is 15.5. The second-order valence-electron chi connectivity index (χ2n) is 7.77. The second-order valence-corrected chi connectivity index (χ2v) is 7.77. The molecule has 3 rings (SSSR count). The summed E-state index contributed by atoms with van der Waals surface area (Å²) in [5.41, 5.74) is -1.70. The minimum atomic E-state index is -2.23. The highest BCUT2D eigenvalue weighted by atomic mass is 19.1. The van der Waals surface area contributed by atoms with Crippen molar-refractivity contribution in [2.75, 3.05) is 24.3 Å². The van der Waals surface area contributed by atoms with Gasteiger partial charge in [0.05, 0.1) is 6.33 Å². The van der Waals surface area contributed by atoms with Crippen molar-refractivity contribution in [2.24, 2.45) is 5.92 Å². The molecule has 1 aliphatic heterocycles. The van der Waals surface area contributed by atoms with Crippen molar-refractivity contribution in [3.8, 4) is 0 Å². The number of aromatic nitrogens is 4. The number of ether oxygens (including phenoxy) is 2. The Labute approximate surface area is 178 Å². The summed E-state index contributed by atoms with van der Waals surface area (Å²) >= 11 is 0. The van der Waals surface area contributed by atoms with E-state index in [1.807, 2.05) is 0 Å². The van der Waals surface area contributed by atoms with E-state index < -0.39 is 30.1 Å². The Morgan fingerprint density at radius 2 is 2.13 bits per heavy atom. The molecule has 1 fully saturated rings. The molecule has 3 heterocycles. The largest absolute Gasteiger partial charge is 0.463 e. The van der Waals surface area contributed by atoms with Crippen molar-refractivity contribution in [3.05, 3.63) is 6.33 Å². The number of aliphatic hydroxyl groups excluding tert-OH is 1. The lowest BCUT2D eigenvalue weighted by Gasteiger charge is -2.24. The quantitative estimate of drug-likeness (QED) is 0.547. The number of alkyl halides is 1. The lowest BCUT2D eigenvalue weighted by atomic mass is 9.98. The van der Waals surface area contributed by atoms with Crippen LogP contribution in [0.4, 0.5) is 16.2 Å². The van der Waals surface area contributed by atoms with E-state index in [9.17, 15) is 14.7 Å². The number of carbonyl (C=O) groups excluding carboxylic acids is 2. The molecule has 4 atom stereocenters. The number of esters is 1. The molecule has 0 unspecified atom stereocenters. The normalized spacial score (nSPS) is 25.7. The number of rotatable bonds is 7. The molecular formula is C19H27FN6O5. The highest BCUT2D eigenvalue weighted by Gasteiger charge is 2.55. The third-order valence-electron chi connectivity index (χ3n) is 5.08. The van der Waals surface area contributed by atoms with Gasteiger partial charge in [0.2, 0.25) is 11.9 Å². The molecule has 2 aromatic heterocycles. The molecule has 0 aliphatic carbocycles. The molecular weight excluding hydrogens is 411 g/mol. The number of imidazole rings is 1. The van der Waals surface area contributed by atoms with Crippen LogP contribution in [0.1, 0.15) is 40.3 Å². The molecule has 1 saturated heterocycles. The first-order valence-electron chi connectivity index (χ1n) is 10.0. The lowest BCUT2D eigenvalue weighted by molar-refractivity contribution is -0.149. The zero-order chi connectivity index (χ0) is 22.9. The lowest BCUT2D eigenvalue weighted by Crippen LogP contribution is -2.41. The van der Waals surface area contributed by atoms with Gasteiger partial charge in [0.15, 0.2) is 28.9 Å². The van der Waals surface area contributed by atoms with Crippen molar-refractivity contribution in [3.63, 3.8) is 0 Å². The maximum Gasteiger partial charge on any atom is 0.305 e. The van der Waals surface area contributed by atoms with Crippen LogP contribution in [0.25, 0.3) is 11.2 Å². The monoisotopic (exact) mass is 438 g/mol. The first-order valence-corrected chi connectivity index (χ1v) is 10.0. The molecule has 0 radical (unpaired) electrons. The first kappa shape index (κ1) is 22.8. The molecule has 0 aromatic carbocycles. The number of amides is 1. The minimum Gasteiger partial charge on any atom is -0.463 e. The smallest absolute Gasteiger partial charge is 0.305 e. The van der Waals surface area contributed by atoms with E-state index in [-0.39, 0.29) is 36.4 Å². The predicted octanol–water partition coefficient (Wildman–Crippen LogP) is 1.40. The summed E-state index contributed by atoms with van der Waals surface area (Å²) in [5, 5.41) is 15.9. The van der Waals surface area contributed by atoms with Crippen LogP contribution in [0.2, 0.25) is 0 Å². The fourth-order valence-corrected chi connectivity index (χ4v) is 3.20. The number of hydrogen-bond acceptors (Lipinski definition) is 9. The van der Waals surface area contributed by atoms with E-state index in [1.54, 1.807) is 27.8 Å². The summed E-state index contributed by atoms with van der Waals surface area (Å²) < 4.78 is 27.6. The molecule has 0 bridgehead atoms. The van der Waals surface area contributed by atoms with Crippen LogP contribution >= 0.6 is 0 Å². The Morgan fingerprint density at radius 3 is 2.74 bits per heavy atom. The highest BCUT2D eigenvalue weighted by Crippen LogP contribution is 2.42. The third-order valence-corrected chi connectivity index (χ3v) is 5.08. The molecule has 3 N–H and O–H groups in total. The Morgan fingerprint density at radius 1 is 1.42 bits per heavy atom. The average Bonchev–Trinajstić information content (AvgIpc) is 3.24. The van der Waals surface area contributed by atoms with Gasteiger partial charge in [-0.2, -0.15) is 9.97 Å². The van der Waals surface area contributed by atoms with Crippen molar-refractivity contribution >= 4 is 34.8 Å². The maximum absolute atomic E-state index is 15.5. The SMILES string of the molecule is CCC(=O)OC[C@H]1O[C@@H](n2cnc3c(NC)nc(NC(=O)C(C)C)nc32)[C@](C)(F)[C@@H]1O.